The Labute approximate surface area is 75.5 Å². The molecule has 0 saturated heterocycles. The van der Waals surface area contributed by atoms with Gasteiger partial charge in [0.1, 0.15) is 7.85 Å². The second kappa shape index (κ2) is 7.14. The second-order valence-corrected chi connectivity index (χ2v) is 4.28. The molecule has 0 N–H and O–H groups in total. The van der Waals surface area contributed by atoms with Crippen LogP contribution in [0.5, 0.6) is 0 Å². The molecule has 54 valence electrons. The fraction of sp³-hybridized carbons (Fsp3) is 1.00. The number of alkyl halides is 2. The normalized spacial score (nSPS) is 13.6. The summed E-state index contributed by atoms with van der Waals surface area (Å²) in [5, 5.41) is 1.15. The summed E-state index contributed by atoms with van der Waals surface area (Å²) in [5.41, 5.74) is 0. The van der Waals surface area contributed by atoms with Crippen LogP contribution in [0.15, 0.2) is 0 Å². The third kappa shape index (κ3) is 6.92. The molecule has 0 bridgehead atoms. The van der Waals surface area contributed by atoms with E-state index in [1.54, 1.807) is 0 Å². The standard InChI is InChI=1S/C6H13BBr2/c7-5-6(9)3-1-2-4-8/h6H,1-5,7H2. The lowest BCUT2D eigenvalue weighted by atomic mass is 9.99. The van der Waals surface area contributed by atoms with E-state index in [4.69, 9.17) is 0 Å². The Morgan fingerprint density at radius 1 is 1.33 bits per heavy atom. The molecule has 1 unspecified atom stereocenters. The minimum Gasteiger partial charge on any atom is -0.0928 e. The molecule has 9 heavy (non-hydrogen) atoms. The topological polar surface area (TPSA) is 0 Å². The van der Waals surface area contributed by atoms with Gasteiger partial charge < -0.3 is 0 Å². The Kier molecular flexibility index (Phi) is 7.95. The van der Waals surface area contributed by atoms with E-state index >= 15 is 0 Å². The van der Waals surface area contributed by atoms with Gasteiger partial charge in [0.05, 0.1) is 0 Å². The SMILES string of the molecule is BCC(Br)CCCCBr. The van der Waals surface area contributed by atoms with Crippen LogP contribution >= 0.6 is 31.9 Å². The van der Waals surface area contributed by atoms with Crippen molar-refractivity contribution in [3.8, 4) is 0 Å². The van der Waals surface area contributed by atoms with E-state index in [0.717, 1.165) is 10.2 Å². The average Bonchev–Trinajstić information content (AvgIpc) is 1.89. The van der Waals surface area contributed by atoms with Gasteiger partial charge in [0.15, 0.2) is 0 Å². The fourth-order valence-corrected chi connectivity index (χ4v) is 1.38. The zero-order chi connectivity index (χ0) is 7.11. The molecule has 0 spiro atoms. The Morgan fingerprint density at radius 3 is 2.44 bits per heavy atom. The highest BCUT2D eigenvalue weighted by Crippen LogP contribution is 2.12. The summed E-state index contributed by atoms with van der Waals surface area (Å²) in [6.07, 6.45) is 5.22. The van der Waals surface area contributed by atoms with Gasteiger partial charge in [-0.1, -0.05) is 44.6 Å². The molecule has 0 fully saturated rings. The molecule has 0 heterocycles. The summed E-state index contributed by atoms with van der Waals surface area (Å²) in [7, 11) is 2.22. The molecule has 0 rings (SSSR count). The Bertz CT molecular complexity index is 59.0. The van der Waals surface area contributed by atoms with Crippen molar-refractivity contribution in [2.75, 3.05) is 5.33 Å². The lowest BCUT2D eigenvalue weighted by Gasteiger charge is -2.03. The molecule has 0 aliphatic rings. The van der Waals surface area contributed by atoms with Crippen LogP contribution in [0.4, 0.5) is 0 Å². The van der Waals surface area contributed by atoms with E-state index in [9.17, 15) is 0 Å². The first-order chi connectivity index (χ1) is 4.31. The van der Waals surface area contributed by atoms with E-state index in [2.05, 4.69) is 39.7 Å². The zero-order valence-corrected chi connectivity index (χ0v) is 9.04. The van der Waals surface area contributed by atoms with E-state index < -0.39 is 0 Å². The van der Waals surface area contributed by atoms with Gasteiger partial charge >= 0.3 is 0 Å². The summed E-state index contributed by atoms with van der Waals surface area (Å²) in [4.78, 5) is 0.747. The third-order valence-corrected chi connectivity index (χ3v) is 3.01. The molecule has 0 aromatic carbocycles. The molecule has 0 aliphatic heterocycles. The van der Waals surface area contributed by atoms with Crippen molar-refractivity contribution in [3.63, 3.8) is 0 Å². The van der Waals surface area contributed by atoms with Crippen LogP contribution in [0, 0.1) is 0 Å². The summed E-state index contributed by atoms with van der Waals surface area (Å²) in [6.45, 7) is 0. The second-order valence-electron chi connectivity index (χ2n) is 2.19. The maximum Gasteiger partial charge on any atom is 0.102 e. The number of halogens is 2. The molecule has 3 heteroatoms. The molecular formula is C6H13BBr2. The van der Waals surface area contributed by atoms with E-state index in [1.807, 2.05) is 0 Å². The molecule has 0 aliphatic carbocycles. The van der Waals surface area contributed by atoms with Gasteiger partial charge in [-0.25, -0.2) is 0 Å². The van der Waals surface area contributed by atoms with E-state index in [0.29, 0.717) is 0 Å². The molecule has 0 aromatic heterocycles. The Hall–Kier alpha value is 1.02. The van der Waals surface area contributed by atoms with Crippen molar-refractivity contribution in [3.05, 3.63) is 0 Å². The molecule has 1 atom stereocenters. The van der Waals surface area contributed by atoms with Crippen molar-refractivity contribution in [1.82, 2.24) is 0 Å². The van der Waals surface area contributed by atoms with Crippen LogP contribution in [0.2, 0.25) is 6.32 Å². The average molecular weight is 256 g/mol. The van der Waals surface area contributed by atoms with Crippen molar-refractivity contribution in [2.24, 2.45) is 0 Å². The molecular weight excluding hydrogens is 243 g/mol. The molecule has 0 amide bonds. The van der Waals surface area contributed by atoms with Crippen LogP contribution in [0.25, 0.3) is 0 Å². The lowest BCUT2D eigenvalue weighted by Crippen LogP contribution is -1.95. The monoisotopic (exact) mass is 254 g/mol. The van der Waals surface area contributed by atoms with Crippen LogP contribution in [-0.2, 0) is 0 Å². The highest BCUT2D eigenvalue weighted by Gasteiger charge is 1.98. The zero-order valence-electron chi connectivity index (χ0n) is 5.87. The maximum absolute atomic E-state index is 3.59. The van der Waals surface area contributed by atoms with Gasteiger partial charge in [0, 0.05) is 10.2 Å². The summed E-state index contributed by atoms with van der Waals surface area (Å²) >= 11 is 7.00. The summed E-state index contributed by atoms with van der Waals surface area (Å²) < 4.78 is 0. The van der Waals surface area contributed by atoms with Crippen molar-refractivity contribution < 1.29 is 0 Å². The van der Waals surface area contributed by atoms with Crippen molar-refractivity contribution in [1.29, 1.82) is 0 Å². The van der Waals surface area contributed by atoms with Crippen molar-refractivity contribution in [2.45, 2.75) is 30.4 Å². The first-order valence-electron chi connectivity index (χ1n) is 3.51. The van der Waals surface area contributed by atoms with Crippen LogP contribution in [-0.4, -0.2) is 18.0 Å². The van der Waals surface area contributed by atoms with Crippen LogP contribution in [0.1, 0.15) is 19.3 Å². The Morgan fingerprint density at radius 2 is 2.00 bits per heavy atom. The molecule has 0 radical (unpaired) electrons. The predicted octanol–water partition coefficient (Wildman–Crippen LogP) is 2.37. The first kappa shape index (κ1) is 10.0. The molecule has 0 aromatic rings. The van der Waals surface area contributed by atoms with E-state index in [1.165, 1.54) is 25.6 Å². The molecule has 0 nitrogen and oxygen atoms in total. The predicted molar refractivity (Wildman–Crippen MR) is 53.7 cm³/mol. The first-order valence-corrected chi connectivity index (χ1v) is 5.55. The van der Waals surface area contributed by atoms with Gasteiger partial charge in [0.25, 0.3) is 0 Å². The van der Waals surface area contributed by atoms with Crippen molar-refractivity contribution >= 4 is 39.7 Å². The largest absolute Gasteiger partial charge is 0.102 e. The van der Waals surface area contributed by atoms with Crippen LogP contribution in [0.3, 0.4) is 0 Å². The van der Waals surface area contributed by atoms with E-state index in [-0.39, 0.29) is 0 Å². The number of hydrogen-bond acceptors (Lipinski definition) is 0. The highest BCUT2D eigenvalue weighted by atomic mass is 79.9. The Balaban J connectivity index is 2.88. The number of hydrogen-bond donors (Lipinski definition) is 0. The summed E-state index contributed by atoms with van der Waals surface area (Å²) in [6, 6.07) is 0. The molecule has 0 saturated carbocycles. The van der Waals surface area contributed by atoms with Gasteiger partial charge in [-0.05, 0) is 12.8 Å². The van der Waals surface area contributed by atoms with Gasteiger partial charge in [-0.2, -0.15) is 0 Å². The smallest absolute Gasteiger partial charge is 0.0928 e. The lowest BCUT2D eigenvalue weighted by molar-refractivity contribution is 0.726. The number of rotatable bonds is 5. The van der Waals surface area contributed by atoms with Gasteiger partial charge in [0.2, 0.25) is 0 Å². The fourth-order valence-electron chi connectivity index (χ4n) is 0.664. The minimum absolute atomic E-state index is 0.747. The number of unbranched alkanes of at least 4 members (excludes halogenated alkanes) is 1. The third-order valence-electron chi connectivity index (χ3n) is 1.34. The van der Waals surface area contributed by atoms with Crippen LogP contribution < -0.4 is 0 Å². The highest BCUT2D eigenvalue weighted by molar-refractivity contribution is 9.09. The van der Waals surface area contributed by atoms with Gasteiger partial charge in [-0.15, -0.1) is 0 Å². The summed E-state index contributed by atoms with van der Waals surface area (Å²) in [5.74, 6) is 0. The maximum atomic E-state index is 3.59. The van der Waals surface area contributed by atoms with Gasteiger partial charge in [-0.3, -0.25) is 0 Å². The minimum atomic E-state index is 0.747. The quantitative estimate of drug-likeness (QED) is 0.402.